The van der Waals surface area contributed by atoms with Crippen LogP contribution >= 0.6 is 0 Å². The molecule has 1 aromatic rings. The Balaban J connectivity index is 1.76. The molecule has 6 heteroatoms. The number of carbonyl (C=O) groups excluding carboxylic acids is 1. The van der Waals surface area contributed by atoms with Gasteiger partial charge in [0.15, 0.2) is 0 Å². The van der Waals surface area contributed by atoms with Crippen molar-refractivity contribution in [3.05, 3.63) is 35.4 Å². The van der Waals surface area contributed by atoms with Crippen LogP contribution in [0.2, 0.25) is 0 Å². The molecule has 0 atom stereocenters. The van der Waals surface area contributed by atoms with E-state index < -0.39 is 5.97 Å². The summed E-state index contributed by atoms with van der Waals surface area (Å²) < 4.78 is 5.49. The van der Waals surface area contributed by atoms with E-state index in [0.717, 1.165) is 38.0 Å². The maximum absolute atomic E-state index is 12.1. The molecule has 0 unspecified atom stereocenters. The van der Waals surface area contributed by atoms with Crippen LogP contribution < -0.4 is 10.6 Å². The van der Waals surface area contributed by atoms with Crippen molar-refractivity contribution in [3.8, 4) is 0 Å². The maximum atomic E-state index is 12.1. The van der Waals surface area contributed by atoms with Crippen LogP contribution in [-0.2, 0) is 11.3 Å². The minimum absolute atomic E-state index is 0.162. The maximum Gasteiger partial charge on any atom is 0.335 e. The number of carbonyl (C=O) groups is 2. The van der Waals surface area contributed by atoms with Crippen molar-refractivity contribution in [2.75, 3.05) is 19.8 Å². The quantitative estimate of drug-likeness (QED) is 0.598. The number of ether oxygens (including phenoxy) is 1. The normalized spacial score (nSPS) is 15.7. The number of hydrogen-bond acceptors (Lipinski definition) is 3. The van der Waals surface area contributed by atoms with Crippen molar-refractivity contribution in [2.24, 2.45) is 5.41 Å². The number of nitrogens with one attached hydrogen (secondary N) is 2. The molecule has 25 heavy (non-hydrogen) atoms. The van der Waals surface area contributed by atoms with E-state index in [9.17, 15) is 9.59 Å². The van der Waals surface area contributed by atoms with Crippen molar-refractivity contribution in [2.45, 2.75) is 45.6 Å². The zero-order chi connectivity index (χ0) is 18.1. The summed E-state index contributed by atoms with van der Waals surface area (Å²) in [5.41, 5.74) is 1.27. The highest BCUT2D eigenvalue weighted by Gasteiger charge is 2.33. The third kappa shape index (κ3) is 6.05. The average Bonchev–Trinajstić information content (AvgIpc) is 3.08. The molecule has 1 aliphatic carbocycles. The highest BCUT2D eigenvalue weighted by atomic mass is 16.5. The van der Waals surface area contributed by atoms with Crippen molar-refractivity contribution >= 4 is 12.0 Å². The number of rotatable bonds is 9. The van der Waals surface area contributed by atoms with Gasteiger partial charge in [-0.1, -0.05) is 25.0 Å². The second kappa shape index (κ2) is 9.42. The van der Waals surface area contributed by atoms with Crippen molar-refractivity contribution in [1.29, 1.82) is 0 Å². The molecule has 0 aromatic heterocycles. The highest BCUT2D eigenvalue weighted by molar-refractivity contribution is 5.87. The van der Waals surface area contributed by atoms with Gasteiger partial charge in [0, 0.05) is 26.3 Å². The van der Waals surface area contributed by atoms with Gasteiger partial charge in [-0.15, -0.1) is 0 Å². The Bertz CT molecular complexity index is 565. The predicted molar refractivity (Wildman–Crippen MR) is 95.7 cm³/mol. The molecule has 2 amide bonds. The Kier molecular flexibility index (Phi) is 7.25. The first-order valence-corrected chi connectivity index (χ1v) is 8.96. The van der Waals surface area contributed by atoms with Gasteiger partial charge < -0.3 is 20.5 Å². The van der Waals surface area contributed by atoms with Crippen LogP contribution in [0.1, 0.15) is 54.9 Å². The fourth-order valence-corrected chi connectivity index (χ4v) is 3.35. The minimum Gasteiger partial charge on any atom is -0.478 e. The van der Waals surface area contributed by atoms with Crippen LogP contribution in [0.25, 0.3) is 0 Å². The van der Waals surface area contributed by atoms with Crippen LogP contribution in [-0.4, -0.2) is 36.9 Å². The molecule has 3 N–H and O–H groups in total. The molecule has 0 bridgehead atoms. The topological polar surface area (TPSA) is 87.7 Å². The zero-order valence-electron chi connectivity index (χ0n) is 14.8. The van der Waals surface area contributed by atoms with Crippen LogP contribution in [0.5, 0.6) is 0 Å². The van der Waals surface area contributed by atoms with E-state index in [1.165, 1.54) is 12.8 Å². The third-order valence-corrected chi connectivity index (χ3v) is 4.92. The van der Waals surface area contributed by atoms with Gasteiger partial charge in [-0.3, -0.25) is 0 Å². The molecule has 0 saturated heterocycles. The molecular formula is C19H28N2O4. The van der Waals surface area contributed by atoms with Crippen LogP contribution in [0.4, 0.5) is 4.79 Å². The molecule has 1 aromatic carbocycles. The number of benzene rings is 1. The van der Waals surface area contributed by atoms with Gasteiger partial charge in [0.25, 0.3) is 0 Å². The molecule has 6 nitrogen and oxygen atoms in total. The second-order valence-corrected chi connectivity index (χ2v) is 6.69. The van der Waals surface area contributed by atoms with Crippen LogP contribution in [0.3, 0.4) is 0 Å². The lowest BCUT2D eigenvalue weighted by molar-refractivity contribution is 0.0697. The summed E-state index contributed by atoms with van der Waals surface area (Å²) in [5, 5.41) is 14.7. The minimum atomic E-state index is -0.953. The Morgan fingerprint density at radius 1 is 1.16 bits per heavy atom. The van der Waals surface area contributed by atoms with Crippen molar-refractivity contribution < 1.29 is 19.4 Å². The summed E-state index contributed by atoms with van der Waals surface area (Å²) in [6.07, 6.45) is 5.68. The van der Waals surface area contributed by atoms with Gasteiger partial charge in [-0.05, 0) is 49.3 Å². The van der Waals surface area contributed by atoms with Gasteiger partial charge in [0.05, 0.1) is 5.56 Å². The summed E-state index contributed by atoms with van der Waals surface area (Å²) in [6.45, 7) is 4.51. The Morgan fingerprint density at radius 2 is 1.84 bits per heavy atom. The van der Waals surface area contributed by atoms with Crippen LogP contribution in [0.15, 0.2) is 24.3 Å². The van der Waals surface area contributed by atoms with E-state index in [1.54, 1.807) is 24.3 Å². The fraction of sp³-hybridized carbons (Fsp3) is 0.579. The summed E-state index contributed by atoms with van der Waals surface area (Å²) in [6, 6.07) is 6.32. The van der Waals surface area contributed by atoms with Crippen LogP contribution in [0, 0.1) is 5.41 Å². The monoisotopic (exact) mass is 348 g/mol. The summed E-state index contributed by atoms with van der Waals surface area (Å²) in [4.78, 5) is 22.9. The largest absolute Gasteiger partial charge is 0.478 e. The van der Waals surface area contributed by atoms with Gasteiger partial charge in [0.1, 0.15) is 0 Å². The zero-order valence-corrected chi connectivity index (χ0v) is 14.8. The summed E-state index contributed by atoms with van der Waals surface area (Å²) in [7, 11) is 0. The van der Waals surface area contributed by atoms with E-state index in [4.69, 9.17) is 9.84 Å². The number of aromatic carboxylic acids is 1. The lowest BCUT2D eigenvalue weighted by Gasteiger charge is -2.29. The molecule has 1 fully saturated rings. The highest BCUT2D eigenvalue weighted by Crippen LogP contribution is 2.40. The predicted octanol–water partition coefficient (Wildman–Crippen LogP) is 3.17. The average molecular weight is 348 g/mol. The molecule has 138 valence electrons. The molecular weight excluding hydrogens is 320 g/mol. The lowest BCUT2D eigenvalue weighted by Crippen LogP contribution is -2.42. The second-order valence-electron chi connectivity index (χ2n) is 6.69. The number of hydrogen-bond donors (Lipinski definition) is 3. The standard InChI is InChI=1S/C19H28N2O4/c1-2-25-12-11-19(9-3-4-10-19)14-21-18(24)20-13-15-5-7-16(8-6-15)17(22)23/h5-8H,2-4,9-14H2,1H3,(H,22,23)(H2,20,21,24). The number of carboxylic acids is 1. The molecule has 0 heterocycles. The van der Waals surface area contributed by atoms with Crippen molar-refractivity contribution in [1.82, 2.24) is 10.6 Å². The van der Waals surface area contributed by atoms with Gasteiger partial charge in [-0.2, -0.15) is 0 Å². The molecule has 0 spiro atoms. The number of amides is 2. The Morgan fingerprint density at radius 3 is 2.44 bits per heavy atom. The first-order valence-electron chi connectivity index (χ1n) is 8.96. The Hall–Kier alpha value is -2.08. The molecule has 0 aliphatic heterocycles. The SMILES string of the molecule is CCOCCC1(CNC(=O)NCc2ccc(C(=O)O)cc2)CCCC1. The molecule has 2 rings (SSSR count). The number of urea groups is 1. The fourth-order valence-electron chi connectivity index (χ4n) is 3.35. The van der Waals surface area contributed by atoms with Gasteiger partial charge >= 0.3 is 12.0 Å². The van der Waals surface area contributed by atoms with E-state index >= 15 is 0 Å². The van der Waals surface area contributed by atoms with E-state index in [1.807, 2.05) is 6.92 Å². The Labute approximate surface area is 149 Å². The van der Waals surface area contributed by atoms with Crippen molar-refractivity contribution in [3.63, 3.8) is 0 Å². The van der Waals surface area contributed by atoms with E-state index in [2.05, 4.69) is 10.6 Å². The summed E-state index contributed by atoms with van der Waals surface area (Å²) >= 11 is 0. The van der Waals surface area contributed by atoms with E-state index in [-0.39, 0.29) is 17.0 Å². The lowest BCUT2D eigenvalue weighted by atomic mass is 9.83. The van der Waals surface area contributed by atoms with Gasteiger partial charge in [0.2, 0.25) is 0 Å². The van der Waals surface area contributed by atoms with E-state index in [0.29, 0.717) is 13.1 Å². The first-order chi connectivity index (χ1) is 12.0. The molecule has 0 radical (unpaired) electrons. The molecule has 1 aliphatic rings. The smallest absolute Gasteiger partial charge is 0.335 e. The molecule has 1 saturated carbocycles. The number of carboxylic acid groups (broad SMARTS) is 1. The van der Waals surface area contributed by atoms with Gasteiger partial charge in [-0.25, -0.2) is 9.59 Å². The third-order valence-electron chi connectivity index (χ3n) is 4.92. The first kappa shape index (κ1) is 19.2. The summed E-state index contributed by atoms with van der Waals surface area (Å²) in [5.74, 6) is -0.953.